The quantitative estimate of drug-likeness (QED) is 0.853. The molecule has 1 N–H and O–H groups in total. The molecular weight excluding hydrogens is 318 g/mol. The highest BCUT2D eigenvalue weighted by Crippen LogP contribution is 2.14. The van der Waals surface area contributed by atoms with E-state index in [0.717, 1.165) is 29.6 Å². The fraction of sp³-hybridized carbons (Fsp3) is 0.333. The molecule has 1 aromatic carbocycles. The van der Waals surface area contributed by atoms with Crippen LogP contribution in [0.15, 0.2) is 30.5 Å². The van der Waals surface area contributed by atoms with Crippen molar-refractivity contribution in [1.82, 2.24) is 9.78 Å². The first-order chi connectivity index (χ1) is 9.63. The maximum atomic E-state index is 12.2. The normalized spacial score (nSPS) is 10.6. The van der Waals surface area contributed by atoms with Gasteiger partial charge in [-0.3, -0.25) is 9.48 Å². The van der Waals surface area contributed by atoms with Crippen LogP contribution in [0, 0.1) is 0 Å². The number of carbonyl (C=O) groups excluding carboxylic acids is 1. The van der Waals surface area contributed by atoms with Crippen molar-refractivity contribution >= 4 is 27.5 Å². The number of halogens is 1. The molecule has 0 saturated heterocycles. The first-order valence-electron chi connectivity index (χ1n) is 6.62. The number of carbonyl (C=O) groups is 1. The van der Waals surface area contributed by atoms with Gasteiger partial charge in [-0.1, -0.05) is 35.0 Å². The summed E-state index contributed by atoms with van der Waals surface area (Å²) in [6.07, 6.45) is 3.48. The number of anilines is 1. The van der Waals surface area contributed by atoms with Crippen LogP contribution >= 0.6 is 15.9 Å². The van der Waals surface area contributed by atoms with Gasteiger partial charge in [0.15, 0.2) is 0 Å². The molecule has 0 aliphatic rings. The van der Waals surface area contributed by atoms with Crippen molar-refractivity contribution in [3.8, 4) is 0 Å². The Hall–Kier alpha value is -1.62. The van der Waals surface area contributed by atoms with Gasteiger partial charge in [0.25, 0.3) is 5.91 Å². The Bertz CT molecular complexity index is 590. The molecule has 0 fully saturated rings. The van der Waals surface area contributed by atoms with Gasteiger partial charge in [-0.05, 0) is 30.5 Å². The second-order valence-electron chi connectivity index (χ2n) is 4.61. The lowest BCUT2D eigenvalue weighted by Crippen LogP contribution is -2.13. The highest BCUT2D eigenvalue weighted by molar-refractivity contribution is 9.09. The van der Waals surface area contributed by atoms with E-state index in [0.29, 0.717) is 5.56 Å². The summed E-state index contributed by atoms with van der Waals surface area (Å²) in [6, 6.07) is 7.91. The number of aryl methyl sites for hydroxylation is 3. The lowest BCUT2D eigenvalue weighted by Gasteiger charge is -2.06. The lowest BCUT2D eigenvalue weighted by molar-refractivity contribution is 0.102. The molecule has 0 spiro atoms. The monoisotopic (exact) mass is 335 g/mol. The van der Waals surface area contributed by atoms with Crippen LogP contribution in [0.4, 0.5) is 5.69 Å². The second kappa shape index (κ2) is 6.70. The Labute approximate surface area is 127 Å². The second-order valence-corrected chi connectivity index (χ2v) is 5.40. The van der Waals surface area contributed by atoms with Crippen LogP contribution in [0.3, 0.4) is 0 Å². The van der Waals surface area contributed by atoms with Crippen LogP contribution in [0.2, 0.25) is 0 Å². The van der Waals surface area contributed by atoms with Crippen LogP contribution in [0.25, 0.3) is 0 Å². The van der Waals surface area contributed by atoms with Gasteiger partial charge < -0.3 is 5.32 Å². The number of nitrogens with zero attached hydrogens (tertiary/aromatic N) is 2. The van der Waals surface area contributed by atoms with Gasteiger partial charge in [0, 0.05) is 24.3 Å². The van der Waals surface area contributed by atoms with E-state index in [1.54, 1.807) is 10.9 Å². The highest BCUT2D eigenvalue weighted by atomic mass is 79.9. The zero-order valence-electron chi connectivity index (χ0n) is 11.7. The molecule has 1 amide bonds. The van der Waals surface area contributed by atoms with Crippen molar-refractivity contribution in [2.24, 2.45) is 7.05 Å². The first kappa shape index (κ1) is 14.8. The van der Waals surface area contributed by atoms with Gasteiger partial charge >= 0.3 is 0 Å². The number of hydrogen-bond acceptors (Lipinski definition) is 2. The van der Waals surface area contributed by atoms with Gasteiger partial charge in [0.1, 0.15) is 0 Å². The number of nitrogens with one attached hydrogen (secondary N) is 1. The summed E-state index contributed by atoms with van der Waals surface area (Å²) in [7, 11) is 1.82. The number of amides is 1. The maximum Gasteiger partial charge on any atom is 0.259 e. The largest absolute Gasteiger partial charge is 0.322 e. The summed E-state index contributed by atoms with van der Waals surface area (Å²) in [6.45, 7) is 1.99. The number of rotatable bonds is 5. The number of aromatic nitrogens is 2. The molecule has 20 heavy (non-hydrogen) atoms. The van der Waals surface area contributed by atoms with Crippen molar-refractivity contribution in [3.05, 3.63) is 47.3 Å². The third-order valence-corrected chi connectivity index (χ3v) is 3.48. The molecule has 2 aromatic rings. The van der Waals surface area contributed by atoms with Crippen molar-refractivity contribution < 1.29 is 4.79 Å². The molecule has 5 heteroatoms. The van der Waals surface area contributed by atoms with E-state index in [1.807, 2.05) is 38.2 Å². The third-order valence-electron chi connectivity index (χ3n) is 3.08. The minimum Gasteiger partial charge on any atom is -0.322 e. The van der Waals surface area contributed by atoms with Crippen LogP contribution in [-0.4, -0.2) is 21.0 Å². The molecule has 0 aliphatic heterocycles. The van der Waals surface area contributed by atoms with Crippen LogP contribution in [-0.2, 0) is 19.9 Å². The van der Waals surface area contributed by atoms with Crippen LogP contribution in [0.1, 0.15) is 28.5 Å². The summed E-state index contributed by atoms with van der Waals surface area (Å²) in [4.78, 5) is 12.2. The zero-order valence-corrected chi connectivity index (χ0v) is 13.3. The average Bonchev–Trinajstić information content (AvgIpc) is 2.82. The van der Waals surface area contributed by atoms with Crippen LogP contribution in [0.5, 0.6) is 0 Å². The van der Waals surface area contributed by atoms with E-state index in [-0.39, 0.29) is 5.91 Å². The maximum absolute atomic E-state index is 12.2. The van der Waals surface area contributed by atoms with Crippen molar-refractivity contribution in [2.75, 3.05) is 10.6 Å². The summed E-state index contributed by atoms with van der Waals surface area (Å²) >= 11 is 3.41. The van der Waals surface area contributed by atoms with E-state index in [4.69, 9.17) is 0 Å². The fourth-order valence-corrected chi connectivity index (χ4v) is 2.51. The molecule has 0 aliphatic carbocycles. The Morgan fingerprint density at radius 1 is 1.35 bits per heavy atom. The highest BCUT2D eigenvalue weighted by Gasteiger charge is 2.14. The Balaban J connectivity index is 2.10. The van der Waals surface area contributed by atoms with E-state index in [2.05, 4.69) is 26.3 Å². The predicted octanol–water partition coefficient (Wildman–Crippen LogP) is 3.17. The smallest absolute Gasteiger partial charge is 0.259 e. The fourth-order valence-electron chi connectivity index (χ4n) is 2.05. The Kier molecular flexibility index (Phi) is 4.95. The lowest BCUT2D eigenvalue weighted by atomic mass is 10.1. The van der Waals surface area contributed by atoms with Crippen molar-refractivity contribution in [1.29, 1.82) is 0 Å². The van der Waals surface area contributed by atoms with E-state index >= 15 is 0 Å². The van der Waals surface area contributed by atoms with Crippen molar-refractivity contribution in [3.63, 3.8) is 0 Å². The standard InChI is InChI=1S/C15H18BrN3O/c1-3-14-13(10-19(2)18-14)15(20)17-12-6-4-11(5-7-12)8-9-16/h4-7,10H,3,8-9H2,1-2H3,(H,17,20). The molecule has 106 valence electrons. The van der Waals surface area contributed by atoms with Gasteiger partial charge in [-0.2, -0.15) is 5.10 Å². The van der Waals surface area contributed by atoms with E-state index < -0.39 is 0 Å². The number of alkyl halides is 1. The minimum atomic E-state index is -0.108. The van der Waals surface area contributed by atoms with Gasteiger partial charge in [0.2, 0.25) is 0 Å². The van der Waals surface area contributed by atoms with E-state index in [1.165, 1.54) is 5.56 Å². The Morgan fingerprint density at radius 2 is 2.05 bits per heavy atom. The molecule has 2 rings (SSSR count). The summed E-state index contributed by atoms with van der Waals surface area (Å²) in [5.41, 5.74) is 3.51. The molecule has 0 radical (unpaired) electrons. The third kappa shape index (κ3) is 3.48. The summed E-state index contributed by atoms with van der Waals surface area (Å²) in [5.74, 6) is -0.108. The molecule has 1 aromatic heterocycles. The number of hydrogen-bond donors (Lipinski definition) is 1. The molecule has 1 heterocycles. The SMILES string of the molecule is CCc1nn(C)cc1C(=O)Nc1ccc(CCBr)cc1. The van der Waals surface area contributed by atoms with Gasteiger partial charge in [-0.15, -0.1) is 0 Å². The predicted molar refractivity (Wildman–Crippen MR) is 84.5 cm³/mol. The van der Waals surface area contributed by atoms with Crippen LogP contribution < -0.4 is 5.32 Å². The van der Waals surface area contributed by atoms with Gasteiger partial charge in [0.05, 0.1) is 11.3 Å². The number of benzene rings is 1. The molecule has 0 saturated carbocycles. The van der Waals surface area contributed by atoms with Gasteiger partial charge in [-0.25, -0.2) is 0 Å². The zero-order chi connectivity index (χ0) is 14.5. The Morgan fingerprint density at radius 3 is 2.65 bits per heavy atom. The minimum absolute atomic E-state index is 0.108. The topological polar surface area (TPSA) is 46.9 Å². The molecule has 0 unspecified atom stereocenters. The van der Waals surface area contributed by atoms with E-state index in [9.17, 15) is 4.79 Å². The molecular formula is C15H18BrN3O. The molecule has 4 nitrogen and oxygen atoms in total. The average molecular weight is 336 g/mol. The van der Waals surface area contributed by atoms with Crippen molar-refractivity contribution in [2.45, 2.75) is 19.8 Å². The summed E-state index contributed by atoms with van der Waals surface area (Å²) < 4.78 is 1.67. The molecule has 0 bridgehead atoms. The first-order valence-corrected chi connectivity index (χ1v) is 7.75. The molecule has 0 atom stereocenters. The summed E-state index contributed by atoms with van der Waals surface area (Å²) in [5, 5.41) is 8.13.